The van der Waals surface area contributed by atoms with Crippen LogP contribution in [0, 0.1) is 20.2 Å². The molecular weight excluding hydrogens is 524 g/mol. The van der Waals surface area contributed by atoms with Crippen molar-refractivity contribution >= 4 is 39.4 Å². The van der Waals surface area contributed by atoms with Gasteiger partial charge in [-0.1, -0.05) is 30.3 Å². The number of benzene rings is 3. The number of halogens is 1. The molecule has 0 aliphatic carbocycles. The van der Waals surface area contributed by atoms with Crippen molar-refractivity contribution < 1.29 is 24.1 Å². The Kier molecular flexibility index (Phi) is 8.46. The van der Waals surface area contributed by atoms with Crippen molar-refractivity contribution in [1.82, 2.24) is 5.43 Å². The van der Waals surface area contributed by atoms with Crippen LogP contribution < -0.4 is 14.9 Å². The summed E-state index contributed by atoms with van der Waals surface area (Å²) in [5.41, 5.74) is 3.63. The SMILES string of the molecule is COc1cc(/C=N/NC(=O)Cc2ccccc2[N+](=O)[O-])c(Br)cc1OCc1cccc([N+](=O)[O-])c1. The number of rotatable bonds is 10. The highest BCUT2D eigenvalue weighted by Crippen LogP contribution is 2.33. The van der Waals surface area contributed by atoms with Crippen molar-refractivity contribution in [2.45, 2.75) is 13.0 Å². The number of nitrogens with one attached hydrogen (secondary N) is 1. The molecule has 0 bridgehead atoms. The van der Waals surface area contributed by atoms with Gasteiger partial charge in [-0.2, -0.15) is 5.10 Å². The molecule has 0 heterocycles. The Bertz CT molecular complexity index is 1300. The van der Waals surface area contributed by atoms with Crippen molar-refractivity contribution in [3.05, 3.63) is 102 Å². The van der Waals surface area contributed by atoms with Crippen LogP contribution in [-0.4, -0.2) is 29.1 Å². The summed E-state index contributed by atoms with van der Waals surface area (Å²) in [4.78, 5) is 33.2. The molecule has 180 valence electrons. The van der Waals surface area contributed by atoms with Gasteiger partial charge in [-0.05, 0) is 33.6 Å². The molecule has 11 nitrogen and oxygen atoms in total. The Labute approximate surface area is 207 Å². The number of non-ortho nitro benzene ring substituents is 1. The second-order valence-electron chi connectivity index (χ2n) is 7.10. The molecule has 0 saturated heterocycles. The van der Waals surface area contributed by atoms with Gasteiger partial charge in [-0.3, -0.25) is 25.0 Å². The quantitative estimate of drug-likeness (QED) is 0.224. The number of amides is 1. The minimum atomic E-state index is -0.544. The zero-order valence-electron chi connectivity index (χ0n) is 18.3. The van der Waals surface area contributed by atoms with Crippen LogP contribution in [0.2, 0.25) is 0 Å². The van der Waals surface area contributed by atoms with Crippen LogP contribution in [0.25, 0.3) is 0 Å². The first-order valence-corrected chi connectivity index (χ1v) is 10.9. The monoisotopic (exact) mass is 542 g/mol. The Morgan fingerprint density at radius 1 is 1.06 bits per heavy atom. The fraction of sp³-hybridized carbons (Fsp3) is 0.130. The summed E-state index contributed by atoms with van der Waals surface area (Å²) in [6.07, 6.45) is 1.18. The number of hydrogen-bond acceptors (Lipinski definition) is 8. The summed E-state index contributed by atoms with van der Waals surface area (Å²) < 4.78 is 11.7. The zero-order valence-corrected chi connectivity index (χ0v) is 19.9. The van der Waals surface area contributed by atoms with Crippen molar-refractivity contribution in [1.29, 1.82) is 0 Å². The van der Waals surface area contributed by atoms with Gasteiger partial charge in [0.25, 0.3) is 11.4 Å². The lowest BCUT2D eigenvalue weighted by atomic mass is 10.1. The molecule has 0 atom stereocenters. The highest BCUT2D eigenvalue weighted by Gasteiger charge is 2.15. The van der Waals surface area contributed by atoms with Gasteiger partial charge in [0.1, 0.15) is 6.61 Å². The van der Waals surface area contributed by atoms with E-state index in [-0.39, 0.29) is 30.0 Å². The number of nitrogens with zero attached hydrogens (tertiary/aromatic N) is 3. The summed E-state index contributed by atoms with van der Waals surface area (Å²) in [6.45, 7) is 0.0829. The molecule has 0 radical (unpaired) electrons. The number of hydrazone groups is 1. The van der Waals surface area contributed by atoms with E-state index in [9.17, 15) is 25.0 Å². The fourth-order valence-corrected chi connectivity index (χ4v) is 3.49. The predicted octanol–water partition coefficient (Wildman–Crippen LogP) is 4.55. The van der Waals surface area contributed by atoms with Crippen LogP contribution in [0.4, 0.5) is 11.4 Å². The number of hydrogen-bond donors (Lipinski definition) is 1. The van der Waals surface area contributed by atoms with Crippen LogP contribution in [0.3, 0.4) is 0 Å². The first-order valence-electron chi connectivity index (χ1n) is 10.1. The maximum atomic E-state index is 12.2. The molecule has 0 aliphatic heterocycles. The predicted molar refractivity (Wildman–Crippen MR) is 131 cm³/mol. The largest absolute Gasteiger partial charge is 0.493 e. The summed E-state index contributed by atoms with van der Waals surface area (Å²) in [5, 5.41) is 25.9. The van der Waals surface area contributed by atoms with E-state index in [2.05, 4.69) is 26.5 Å². The highest BCUT2D eigenvalue weighted by atomic mass is 79.9. The van der Waals surface area contributed by atoms with E-state index in [1.165, 1.54) is 43.7 Å². The molecule has 35 heavy (non-hydrogen) atoms. The Hall–Kier alpha value is -4.32. The average Bonchev–Trinajstić information content (AvgIpc) is 2.84. The summed E-state index contributed by atoms with van der Waals surface area (Å²) >= 11 is 3.41. The molecule has 0 aromatic heterocycles. The summed E-state index contributed by atoms with van der Waals surface area (Å²) in [7, 11) is 1.46. The van der Waals surface area contributed by atoms with E-state index in [4.69, 9.17) is 9.47 Å². The van der Waals surface area contributed by atoms with Gasteiger partial charge < -0.3 is 9.47 Å². The van der Waals surface area contributed by atoms with E-state index < -0.39 is 15.8 Å². The second kappa shape index (κ2) is 11.7. The van der Waals surface area contributed by atoms with Gasteiger partial charge in [0.05, 0.1) is 29.6 Å². The molecule has 3 aromatic carbocycles. The second-order valence-corrected chi connectivity index (χ2v) is 7.95. The minimum absolute atomic E-state index is 0.0327. The van der Waals surface area contributed by atoms with Crippen molar-refractivity contribution in [3.63, 3.8) is 0 Å². The Morgan fingerprint density at radius 3 is 2.54 bits per heavy atom. The Balaban J connectivity index is 1.66. The molecule has 0 saturated carbocycles. The lowest BCUT2D eigenvalue weighted by molar-refractivity contribution is -0.385. The normalized spacial score (nSPS) is 10.7. The van der Waals surface area contributed by atoms with E-state index in [0.717, 1.165) is 0 Å². The number of methoxy groups -OCH3 is 1. The molecule has 0 unspecified atom stereocenters. The topological polar surface area (TPSA) is 146 Å². The highest BCUT2D eigenvalue weighted by molar-refractivity contribution is 9.10. The molecule has 3 aromatic rings. The van der Waals surface area contributed by atoms with Gasteiger partial charge in [-0.25, -0.2) is 5.43 Å². The average molecular weight is 543 g/mol. The maximum absolute atomic E-state index is 12.2. The molecule has 12 heteroatoms. The van der Waals surface area contributed by atoms with Crippen LogP contribution in [0.1, 0.15) is 16.7 Å². The third-order valence-corrected chi connectivity index (χ3v) is 5.42. The van der Waals surface area contributed by atoms with Gasteiger partial charge in [-0.15, -0.1) is 0 Å². The van der Waals surface area contributed by atoms with Gasteiger partial charge >= 0.3 is 0 Å². The Morgan fingerprint density at radius 2 is 1.83 bits per heavy atom. The number of ether oxygens (including phenoxy) is 2. The van der Waals surface area contributed by atoms with Crippen LogP contribution >= 0.6 is 15.9 Å². The molecule has 3 rings (SSSR count). The smallest absolute Gasteiger partial charge is 0.273 e. The first kappa shape index (κ1) is 25.3. The number of carbonyl (C=O) groups is 1. The number of para-hydroxylation sites is 1. The van der Waals surface area contributed by atoms with E-state index in [1.807, 2.05) is 0 Å². The lowest BCUT2D eigenvalue weighted by Crippen LogP contribution is -2.20. The molecule has 0 fully saturated rings. The van der Waals surface area contributed by atoms with Gasteiger partial charge in [0.2, 0.25) is 5.91 Å². The van der Waals surface area contributed by atoms with E-state index in [1.54, 1.807) is 30.3 Å². The van der Waals surface area contributed by atoms with Crippen LogP contribution in [-0.2, 0) is 17.8 Å². The van der Waals surface area contributed by atoms with Gasteiger partial charge in [0.15, 0.2) is 11.5 Å². The standard InChI is InChI=1S/C23H19BrN4O7/c1-34-21-10-17(13-25-26-23(29)11-16-6-2-3-8-20(16)28(32)33)19(24)12-22(21)35-14-15-5-4-7-18(9-15)27(30)31/h2-10,12-13H,11,14H2,1H3,(H,26,29)/b25-13+. The molecule has 0 spiro atoms. The number of nitro groups is 2. The summed E-state index contributed by atoms with van der Waals surface area (Å²) in [6, 6.07) is 15.4. The van der Waals surface area contributed by atoms with Crippen LogP contribution in [0.15, 0.2) is 70.2 Å². The number of nitro benzene ring substituents is 2. The van der Waals surface area contributed by atoms with Crippen molar-refractivity contribution in [3.8, 4) is 11.5 Å². The van der Waals surface area contributed by atoms with Crippen molar-refractivity contribution in [2.75, 3.05) is 7.11 Å². The third-order valence-electron chi connectivity index (χ3n) is 4.73. The van der Waals surface area contributed by atoms with Gasteiger partial charge in [0, 0.05) is 33.8 Å². The van der Waals surface area contributed by atoms with Crippen LogP contribution in [0.5, 0.6) is 11.5 Å². The molecule has 1 N–H and O–H groups in total. The van der Waals surface area contributed by atoms with E-state index >= 15 is 0 Å². The zero-order chi connectivity index (χ0) is 25.4. The lowest BCUT2D eigenvalue weighted by Gasteiger charge is -2.12. The number of carbonyl (C=O) groups excluding carboxylic acids is 1. The fourth-order valence-electron chi connectivity index (χ4n) is 3.07. The molecule has 1 amide bonds. The molecule has 0 aliphatic rings. The summed E-state index contributed by atoms with van der Waals surface area (Å²) in [5.74, 6) is 0.255. The van der Waals surface area contributed by atoms with Crippen molar-refractivity contribution in [2.24, 2.45) is 5.10 Å². The maximum Gasteiger partial charge on any atom is 0.273 e. The molecular formula is C23H19BrN4O7. The minimum Gasteiger partial charge on any atom is -0.493 e. The first-order chi connectivity index (χ1) is 16.8. The third kappa shape index (κ3) is 6.84. The van der Waals surface area contributed by atoms with E-state index in [0.29, 0.717) is 27.1 Å².